The van der Waals surface area contributed by atoms with Crippen molar-refractivity contribution in [3.05, 3.63) is 33.5 Å². The number of carbonyl (C=O) groups is 1. The van der Waals surface area contributed by atoms with Crippen LogP contribution in [-0.4, -0.2) is 23.9 Å². The number of benzene rings is 1. The first-order chi connectivity index (χ1) is 7.52. The summed E-state index contributed by atoms with van der Waals surface area (Å²) < 4.78 is 14.4. The second-order valence-corrected chi connectivity index (χ2v) is 4.36. The molecular formula is C12H15BrFNO. The summed E-state index contributed by atoms with van der Waals surface area (Å²) >= 11 is 3.30. The molecule has 0 aliphatic rings. The fourth-order valence-electron chi connectivity index (χ4n) is 1.58. The largest absolute Gasteiger partial charge is 0.339 e. The van der Waals surface area contributed by atoms with Crippen molar-refractivity contribution >= 4 is 21.8 Å². The molecule has 0 bridgehead atoms. The highest BCUT2D eigenvalue weighted by molar-refractivity contribution is 9.10. The number of hydrogen-bond donors (Lipinski definition) is 0. The second-order valence-electron chi connectivity index (χ2n) is 3.51. The molecule has 0 fully saturated rings. The van der Waals surface area contributed by atoms with E-state index in [2.05, 4.69) is 15.9 Å². The van der Waals surface area contributed by atoms with E-state index in [-0.39, 0.29) is 11.5 Å². The Kier molecular flexibility index (Phi) is 4.47. The number of hydrogen-bond acceptors (Lipinski definition) is 1. The molecule has 1 rings (SSSR count). The molecule has 0 aromatic heterocycles. The third-order valence-electron chi connectivity index (χ3n) is 2.61. The molecule has 0 N–H and O–H groups in total. The van der Waals surface area contributed by atoms with Crippen molar-refractivity contribution in [2.75, 3.05) is 13.1 Å². The molecule has 4 heteroatoms. The normalized spacial score (nSPS) is 10.3. The standard InChI is InChI=1S/C12H15BrFNO/c1-4-15(5-2)12(16)11-8(3)9(13)6-7-10(11)14/h6-7H,4-5H2,1-3H3. The molecule has 0 spiro atoms. The van der Waals surface area contributed by atoms with Gasteiger partial charge in [-0.1, -0.05) is 15.9 Å². The van der Waals surface area contributed by atoms with Crippen LogP contribution in [-0.2, 0) is 0 Å². The summed E-state index contributed by atoms with van der Waals surface area (Å²) in [5.74, 6) is -0.709. The second kappa shape index (κ2) is 5.43. The van der Waals surface area contributed by atoms with Gasteiger partial charge in [0.1, 0.15) is 5.82 Å². The van der Waals surface area contributed by atoms with Gasteiger partial charge in [-0.25, -0.2) is 4.39 Å². The molecule has 2 nitrogen and oxygen atoms in total. The molecule has 1 amide bonds. The van der Waals surface area contributed by atoms with Gasteiger partial charge in [-0.15, -0.1) is 0 Å². The third-order valence-corrected chi connectivity index (χ3v) is 3.47. The highest BCUT2D eigenvalue weighted by Gasteiger charge is 2.20. The highest BCUT2D eigenvalue weighted by Crippen LogP contribution is 2.23. The first-order valence-corrected chi connectivity index (χ1v) is 6.06. The lowest BCUT2D eigenvalue weighted by Gasteiger charge is -2.20. The van der Waals surface area contributed by atoms with Crippen molar-refractivity contribution in [2.24, 2.45) is 0 Å². The summed E-state index contributed by atoms with van der Waals surface area (Å²) in [5.41, 5.74) is 0.815. The number of amides is 1. The lowest BCUT2D eigenvalue weighted by molar-refractivity contribution is 0.0767. The van der Waals surface area contributed by atoms with E-state index in [0.29, 0.717) is 18.7 Å². The van der Waals surface area contributed by atoms with Crippen molar-refractivity contribution in [1.29, 1.82) is 0 Å². The predicted molar refractivity (Wildman–Crippen MR) is 66.1 cm³/mol. The van der Waals surface area contributed by atoms with E-state index in [1.54, 1.807) is 17.9 Å². The monoisotopic (exact) mass is 287 g/mol. The van der Waals surface area contributed by atoms with Crippen LogP contribution in [0, 0.1) is 12.7 Å². The average Bonchev–Trinajstić information content (AvgIpc) is 2.26. The predicted octanol–water partition coefficient (Wildman–Crippen LogP) is 3.38. The zero-order valence-corrected chi connectivity index (χ0v) is 11.3. The molecule has 16 heavy (non-hydrogen) atoms. The molecule has 0 saturated heterocycles. The van der Waals surface area contributed by atoms with Gasteiger partial charge in [-0.3, -0.25) is 4.79 Å². The Balaban J connectivity index is 3.22. The Bertz CT molecular complexity index is 402. The summed E-state index contributed by atoms with van der Waals surface area (Å²) in [5, 5.41) is 0. The van der Waals surface area contributed by atoms with Crippen LogP contribution in [0.5, 0.6) is 0 Å². The maximum absolute atomic E-state index is 13.6. The summed E-state index contributed by atoms with van der Waals surface area (Å²) in [4.78, 5) is 13.7. The first-order valence-electron chi connectivity index (χ1n) is 5.26. The van der Waals surface area contributed by atoms with Crippen LogP contribution in [0.4, 0.5) is 4.39 Å². The van der Waals surface area contributed by atoms with E-state index in [4.69, 9.17) is 0 Å². The van der Waals surface area contributed by atoms with Crippen LogP contribution >= 0.6 is 15.9 Å². The van der Waals surface area contributed by atoms with Crippen LogP contribution in [0.2, 0.25) is 0 Å². The number of rotatable bonds is 3. The van der Waals surface area contributed by atoms with Crippen LogP contribution in [0.25, 0.3) is 0 Å². The maximum Gasteiger partial charge on any atom is 0.257 e. The van der Waals surface area contributed by atoms with Crippen molar-refractivity contribution in [1.82, 2.24) is 4.90 Å². The zero-order valence-electron chi connectivity index (χ0n) is 9.68. The molecule has 0 unspecified atom stereocenters. The minimum Gasteiger partial charge on any atom is -0.339 e. The van der Waals surface area contributed by atoms with Crippen molar-refractivity contribution in [3.8, 4) is 0 Å². The van der Waals surface area contributed by atoms with Gasteiger partial charge in [-0.05, 0) is 38.5 Å². The topological polar surface area (TPSA) is 20.3 Å². The van der Waals surface area contributed by atoms with Gasteiger partial charge >= 0.3 is 0 Å². The summed E-state index contributed by atoms with van der Waals surface area (Å²) in [6.07, 6.45) is 0. The smallest absolute Gasteiger partial charge is 0.257 e. The van der Waals surface area contributed by atoms with E-state index in [0.717, 1.165) is 4.47 Å². The van der Waals surface area contributed by atoms with Crippen molar-refractivity contribution in [2.45, 2.75) is 20.8 Å². The van der Waals surface area contributed by atoms with Gasteiger partial charge < -0.3 is 4.90 Å². The Labute approximate surface area is 104 Å². The van der Waals surface area contributed by atoms with Crippen LogP contribution in [0.15, 0.2) is 16.6 Å². The van der Waals surface area contributed by atoms with E-state index in [1.165, 1.54) is 6.07 Å². The van der Waals surface area contributed by atoms with E-state index >= 15 is 0 Å². The van der Waals surface area contributed by atoms with Gasteiger partial charge in [0.2, 0.25) is 0 Å². The summed E-state index contributed by atoms with van der Waals surface area (Å²) in [6.45, 7) is 6.67. The zero-order chi connectivity index (χ0) is 12.3. The minimum absolute atomic E-state index is 0.165. The molecule has 0 heterocycles. The lowest BCUT2D eigenvalue weighted by atomic mass is 10.1. The fraction of sp³-hybridized carbons (Fsp3) is 0.417. The van der Waals surface area contributed by atoms with Crippen molar-refractivity contribution < 1.29 is 9.18 Å². The van der Waals surface area contributed by atoms with Crippen LogP contribution < -0.4 is 0 Å². The van der Waals surface area contributed by atoms with Crippen LogP contribution in [0.1, 0.15) is 29.8 Å². The third kappa shape index (κ3) is 2.43. The molecule has 0 atom stereocenters. The molecule has 0 radical (unpaired) electrons. The lowest BCUT2D eigenvalue weighted by Crippen LogP contribution is -2.31. The number of nitrogens with zero attached hydrogens (tertiary/aromatic N) is 1. The Morgan fingerprint density at radius 2 is 1.94 bits per heavy atom. The van der Waals surface area contributed by atoms with Gasteiger partial charge in [0.25, 0.3) is 5.91 Å². The maximum atomic E-state index is 13.6. The molecule has 88 valence electrons. The Morgan fingerprint density at radius 1 is 1.38 bits per heavy atom. The van der Waals surface area contributed by atoms with Crippen LogP contribution in [0.3, 0.4) is 0 Å². The van der Waals surface area contributed by atoms with Gasteiger partial charge in [0.15, 0.2) is 0 Å². The minimum atomic E-state index is -0.461. The van der Waals surface area contributed by atoms with E-state index in [9.17, 15) is 9.18 Å². The molecular weight excluding hydrogens is 273 g/mol. The molecule has 0 saturated carbocycles. The van der Waals surface area contributed by atoms with Gasteiger partial charge in [0, 0.05) is 17.6 Å². The summed E-state index contributed by atoms with van der Waals surface area (Å²) in [6, 6.07) is 2.93. The molecule has 1 aromatic carbocycles. The Morgan fingerprint density at radius 3 is 2.44 bits per heavy atom. The van der Waals surface area contributed by atoms with E-state index in [1.807, 2.05) is 13.8 Å². The fourth-order valence-corrected chi connectivity index (χ4v) is 1.92. The quantitative estimate of drug-likeness (QED) is 0.835. The molecule has 0 aliphatic heterocycles. The number of halogens is 2. The first kappa shape index (κ1) is 13.2. The van der Waals surface area contributed by atoms with E-state index < -0.39 is 5.82 Å². The van der Waals surface area contributed by atoms with Gasteiger partial charge in [0.05, 0.1) is 5.56 Å². The van der Waals surface area contributed by atoms with Crippen molar-refractivity contribution in [3.63, 3.8) is 0 Å². The number of carbonyl (C=O) groups excluding carboxylic acids is 1. The summed E-state index contributed by atoms with van der Waals surface area (Å²) in [7, 11) is 0. The SMILES string of the molecule is CCN(CC)C(=O)c1c(F)ccc(Br)c1C. The Hall–Kier alpha value is -0.900. The van der Waals surface area contributed by atoms with Gasteiger partial charge in [-0.2, -0.15) is 0 Å². The highest BCUT2D eigenvalue weighted by atomic mass is 79.9. The molecule has 0 aliphatic carbocycles. The average molecular weight is 288 g/mol. The molecule has 1 aromatic rings.